The van der Waals surface area contributed by atoms with Gasteiger partial charge in [0.25, 0.3) is 0 Å². The fraction of sp³-hybridized carbons (Fsp3) is 0. The van der Waals surface area contributed by atoms with Gasteiger partial charge in [0, 0.05) is 0 Å². The van der Waals surface area contributed by atoms with E-state index in [1.165, 1.54) is 0 Å². The van der Waals surface area contributed by atoms with Crippen LogP contribution < -0.4 is 10.1 Å². The largest absolute Gasteiger partial charge is 0.454 e. The summed E-state index contributed by atoms with van der Waals surface area (Å²) in [5.41, 5.74) is 0.941. The van der Waals surface area contributed by atoms with Crippen LogP contribution in [0.1, 0.15) is 5.56 Å². The van der Waals surface area contributed by atoms with Crippen molar-refractivity contribution in [3.05, 3.63) is 41.3 Å². The number of para-hydroxylation sites is 1. The summed E-state index contributed by atoms with van der Waals surface area (Å²) in [6, 6.07) is 9.73. The zero-order valence-corrected chi connectivity index (χ0v) is 9.32. The van der Waals surface area contributed by atoms with E-state index in [9.17, 15) is 0 Å². The Morgan fingerprint density at radius 2 is 2.00 bits per heavy atom. The summed E-state index contributed by atoms with van der Waals surface area (Å²) >= 11 is 6.89. The third-order valence-electron chi connectivity index (χ3n) is 2.21. The normalized spacial score (nSPS) is 13.2. The molecule has 74 valence electrons. The van der Waals surface area contributed by atoms with Crippen LogP contribution in [-0.2, 0) is 0 Å². The van der Waals surface area contributed by atoms with E-state index in [2.05, 4.69) is 5.32 Å². The van der Waals surface area contributed by atoms with Gasteiger partial charge in [-0.25, -0.2) is 0 Å². The van der Waals surface area contributed by atoms with E-state index >= 15 is 0 Å². The van der Waals surface area contributed by atoms with Gasteiger partial charge in [0.1, 0.15) is 15.7 Å². The monoisotopic (exact) mass is 233 g/mol. The summed E-state index contributed by atoms with van der Waals surface area (Å²) < 4.78 is 5.77. The van der Waals surface area contributed by atoms with E-state index < -0.39 is 0 Å². The van der Waals surface area contributed by atoms with E-state index in [-0.39, 0.29) is 0 Å². The number of hydrogen-bond acceptors (Lipinski definition) is 3. The third-order valence-corrected chi connectivity index (χ3v) is 3.34. The van der Waals surface area contributed by atoms with Crippen LogP contribution >= 0.6 is 23.6 Å². The Bertz CT molecular complexity index is 533. The van der Waals surface area contributed by atoms with Gasteiger partial charge in [-0.3, -0.25) is 0 Å². The topological polar surface area (TPSA) is 21.3 Å². The molecule has 0 saturated carbocycles. The molecule has 0 fully saturated rings. The molecule has 4 heteroatoms. The van der Waals surface area contributed by atoms with Crippen LogP contribution in [0.15, 0.2) is 35.7 Å². The Morgan fingerprint density at radius 3 is 2.93 bits per heavy atom. The molecule has 1 aliphatic heterocycles. The lowest BCUT2D eigenvalue weighted by Crippen LogP contribution is -2.07. The maximum atomic E-state index is 5.77. The standard InChI is InChI=1S/C11H7NOS2/c14-10-7-3-1-2-4-8(7)13-9-5-6-15-11(9)12-10/h1-6H,(H,12,14). The van der Waals surface area contributed by atoms with E-state index in [1.807, 2.05) is 35.7 Å². The number of ether oxygens (including phenoxy) is 1. The molecule has 2 nitrogen and oxygen atoms in total. The third kappa shape index (κ3) is 1.42. The molecule has 2 heterocycles. The van der Waals surface area contributed by atoms with Crippen molar-refractivity contribution in [3.63, 3.8) is 0 Å². The SMILES string of the molecule is S=C1Nc2sccc2Oc2ccccc21. The summed E-state index contributed by atoms with van der Waals surface area (Å²) in [5, 5.41) is 6.13. The molecule has 1 aromatic carbocycles. The average Bonchev–Trinajstić information content (AvgIpc) is 2.61. The van der Waals surface area contributed by atoms with Gasteiger partial charge in [0.15, 0.2) is 5.75 Å². The highest BCUT2D eigenvalue weighted by Crippen LogP contribution is 2.39. The van der Waals surface area contributed by atoms with E-state index in [1.54, 1.807) is 11.3 Å². The molecule has 0 amide bonds. The van der Waals surface area contributed by atoms with Crippen molar-refractivity contribution in [2.45, 2.75) is 0 Å². The minimum Gasteiger partial charge on any atom is -0.454 e. The number of anilines is 1. The Morgan fingerprint density at radius 1 is 1.13 bits per heavy atom. The van der Waals surface area contributed by atoms with Gasteiger partial charge < -0.3 is 10.1 Å². The predicted octanol–water partition coefficient (Wildman–Crippen LogP) is 3.64. The summed E-state index contributed by atoms with van der Waals surface area (Å²) in [7, 11) is 0. The molecule has 0 atom stereocenters. The zero-order chi connectivity index (χ0) is 10.3. The number of benzene rings is 1. The van der Waals surface area contributed by atoms with Crippen LogP contribution in [0, 0.1) is 0 Å². The van der Waals surface area contributed by atoms with Crippen LogP contribution in [0.2, 0.25) is 0 Å². The smallest absolute Gasteiger partial charge is 0.162 e. The molecular formula is C11H7NOS2. The predicted molar refractivity (Wildman–Crippen MR) is 66.2 cm³/mol. The molecule has 1 aromatic heterocycles. The maximum absolute atomic E-state index is 5.77. The van der Waals surface area contributed by atoms with Crippen LogP contribution in [-0.4, -0.2) is 4.99 Å². The minimum absolute atomic E-state index is 0.715. The first-order chi connectivity index (χ1) is 7.34. The van der Waals surface area contributed by atoms with Crippen LogP contribution in [0.25, 0.3) is 0 Å². The Labute approximate surface area is 96.5 Å². The fourth-order valence-electron chi connectivity index (χ4n) is 1.50. The molecule has 0 unspecified atom stereocenters. The van der Waals surface area contributed by atoms with Gasteiger partial charge in [-0.05, 0) is 23.6 Å². The molecule has 2 aromatic rings. The van der Waals surface area contributed by atoms with Gasteiger partial charge in [0.05, 0.1) is 5.56 Å². The second-order valence-electron chi connectivity index (χ2n) is 3.17. The number of hydrogen-bond donors (Lipinski definition) is 1. The molecule has 1 N–H and O–H groups in total. The molecule has 0 saturated heterocycles. The van der Waals surface area contributed by atoms with Gasteiger partial charge >= 0.3 is 0 Å². The highest BCUT2D eigenvalue weighted by atomic mass is 32.1. The zero-order valence-electron chi connectivity index (χ0n) is 7.69. The van der Waals surface area contributed by atoms with Crippen molar-refractivity contribution in [1.29, 1.82) is 0 Å². The summed E-state index contributed by atoms with van der Waals surface area (Å²) in [4.78, 5) is 0.715. The summed E-state index contributed by atoms with van der Waals surface area (Å²) in [5.74, 6) is 1.65. The minimum atomic E-state index is 0.715. The van der Waals surface area contributed by atoms with Gasteiger partial charge in [-0.1, -0.05) is 24.4 Å². The number of thiocarbonyl (C=S) groups is 1. The molecule has 1 aliphatic rings. The fourth-order valence-corrected chi connectivity index (χ4v) is 2.55. The van der Waals surface area contributed by atoms with E-state index in [0.717, 1.165) is 22.1 Å². The Balaban J connectivity index is 2.19. The molecule has 0 aliphatic carbocycles. The van der Waals surface area contributed by atoms with Crippen molar-refractivity contribution >= 4 is 33.5 Å². The average molecular weight is 233 g/mol. The molecule has 15 heavy (non-hydrogen) atoms. The van der Waals surface area contributed by atoms with Crippen molar-refractivity contribution < 1.29 is 4.74 Å². The van der Waals surface area contributed by atoms with Crippen LogP contribution in [0.3, 0.4) is 0 Å². The molecule has 3 rings (SSSR count). The lowest BCUT2D eigenvalue weighted by molar-refractivity contribution is 0.487. The van der Waals surface area contributed by atoms with Crippen molar-refractivity contribution in [2.24, 2.45) is 0 Å². The van der Waals surface area contributed by atoms with E-state index in [4.69, 9.17) is 17.0 Å². The number of rotatable bonds is 0. The Kier molecular flexibility index (Phi) is 1.97. The van der Waals surface area contributed by atoms with E-state index in [0.29, 0.717) is 4.99 Å². The van der Waals surface area contributed by atoms with Crippen molar-refractivity contribution in [2.75, 3.05) is 5.32 Å². The highest BCUT2D eigenvalue weighted by molar-refractivity contribution is 7.81. The first kappa shape index (κ1) is 8.88. The number of thiophene rings is 1. The number of nitrogens with one attached hydrogen (secondary N) is 1. The lowest BCUT2D eigenvalue weighted by atomic mass is 10.2. The molecule has 0 bridgehead atoms. The van der Waals surface area contributed by atoms with Crippen molar-refractivity contribution in [3.8, 4) is 11.5 Å². The molecule has 0 spiro atoms. The first-order valence-corrected chi connectivity index (χ1v) is 5.79. The van der Waals surface area contributed by atoms with Gasteiger partial charge in [-0.15, -0.1) is 11.3 Å². The number of fused-ring (bicyclic) bond motifs is 2. The molecule has 0 radical (unpaired) electrons. The summed E-state index contributed by atoms with van der Waals surface area (Å²) in [6.45, 7) is 0. The van der Waals surface area contributed by atoms with Gasteiger partial charge in [0.2, 0.25) is 0 Å². The van der Waals surface area contributed by atoms with Crippen LogP contribution in [0.5, 0.6) is 11.5 Å². The van der Waals surface area contributed by atoms with Crippen molar-refractivity contribution in [1.82, 2.24) is 0 Å². The van der Waals surface area contributed by atoms with Crippen LogP contribution in [0.4, 0.5) is 5.00 Å². The second kappa shape index (κ2) is 3.32. The highest BCUT2D eigenvalue weighted by Gasteiger charge is 2.17. The summed E-state index contributed by atoms with van der Waals surface area (Å²) in [6.07, 6.45) is 0. The molecular weight excluding hydrogens is 226 g/mol. The Hall–Kier alpha value is -1.39. The lowest BCUT2D eigenvalue weighted by Gasteiger charge is -2.04. The van der Waals surface area contributed by atoms with Gasteiger partial charge in [-0.2, -0.15) is 0 Å². The second-order valence-corrected chi connectivity index (χ2v) is 4.49. The maximum Gasteiger partial charge on any atom is 0.162 e. The quantitative estimate of drug-likeness (QED) is 0.702. The first-order valence-electron chi connectivity index (χ1n) is 4.50.